The number of rotatable bonds is 5. The van der Waals surface area contributed by atoms with Gasteiger partial charge in [-0.05, 0) is 38.5 Å². The monoisotopic (exact) mass is 248 g/mol. The van der Waals surface area contributed by atoms with Gasteiger partial charge < -0.3 is 14.6 Å². The highest BCUT2D eigenvalue weighted by Gasteiger charge is 2.02. The minimum absolute atomic E-state index is 0.149. The van der Waals surface area contributed by atoms with Gasteiger partial charge in [0.05, 0.1) is 18.3 Å². The van der Waals surface area contributed by atoms with E-state index in [1.165, 1.54) is 0 Å². The summed E-state index contributed by atoms with van der Waals surface area (Å²) in [6.45, 7) is 6.88. The summed E-state index contributed by atoms with van der Waals surface area (Å²) in [4.78, 5) is 0. The first-order valence-corrected chi connectivity index (χ1v) is 6.08. The number of aliphatic hydroxyl groups excluding tert-OH is 1. The summed E-state index contributed by atoms with van der Waals surface area (Å²) in [6, 6.07) is 5.82. The zero-order valence-corrected chi connectivity index (χ0v) is 11.2. The normalized spacial score (nSPS) is 10.1. The lowest BCUT2D eigenvalue weighted by atomic mass is 10.1. The van der Waals surface area contributed by atoms with Gasteiger partial charge in [-0.15, -0.1) is 0 Å². The van der Waals surface area contributed by atoms with Crippen molar-refractivity contribution in [2.75, 3.05) is 19.8 Å². The summed E-state index contributed by atoms with van der Waals surface area (Å²) in [5.41, 5.74) is 1.91. The second kappa shape index (κ2) is 7.75. The summed E-state index contributed by atoms with van der Waals surface area (Å²) >= 11 is 0. The molecule has 0 aliphatic rings. The third-order valence-electron chi connectivity index (χ3n) is 2.23. The summed E-state index contributed by atoms with van der Waals surface area (Å²) in [5.74, 6) is 6.25. The van der Waals surface area contributed by atoms with Crippen LogP contribution in [0.4, 0.5) is 0 Å². The molecule has 0 aliphatic carbocycles. The highest BCUT2D eigenvalue weighted by atomic mass is 16.5. The summed E-state index contributed by atoms with van der Waals surface area (Å²) in [6.07, 6.45) is 0.209. The standard InChI is InChI=1S/C15H20O3/c1-12(2)17-9-10-18-15-7-6-13(3)11-14(15)5-4-8-16/h6-7,11-12,16H,8-10H2,1-3H3. The van der Waals surface area contributed by atoms with Gasteiger partial charge in [0.2, 0.25) is 0 Å². The maximum atomic E-state index is 8.73. The molecule has 0 heterocycles. The van der Waals surface area contributed by atoms with E-state index in [0.717, 1.165) is 16.9 Å². The van der Waals surface area contributed by atoms with Crippen LogP contribution in [-0.4, -0.2) is 31.0 Å². The van der Waals surface area contributed by atoms with Gasteiger partial charge in [-0.25, -0.2) is 0 Å². The van der Waals surface area contributed by atoms with Crippen molar-refractivity contribution in [1.29, 1.82) is 0 Å². The molecule has 98 valence electrons. The molecule has 0 aliphatic heterocycles. The first kappa shape index (κ1) is 14.6. The Morgan fingerprint density at radius 2 is 2.06 bits per heavy atom. The molecule has 0 radical (unpaired) electrons. The first-order valence-electron chi connectivity index (χ1n) is 6.08. The van der Waals surface area contributed by atoms with Crippen molar-refractivity contribution in [3.63, 3.8) is 0 Å². The Balaban J connectivity index is 2.63. The quantitative estimate of drug-likeness (QED) is 0.641. The summed E-state index contributed by atoms with van der Waals surface area (Å²) in [7, 11) is 0. The number of aliphatic hydroxyl groups is 1. The van der Waals surface area contributed by atoms with Crippen molar-refractivity contribution in [1.82, 2.24) is 0 Å². The number of ether oxygens (including phenoxy) is 2. The van der Waals surface area contributed by atoms with Crippen LogP contribution in [0.1, 0.15) is 25.0 Å². The van der Waals surface area contributed by atoms with E-state index in [4.69, 9.17) is 14.6 Å². The van der Waals surface area contributed by atoms with E-state index in [1.807, 2.05) is 39.0 Å². The van der Waals surface area contributed by atoms with E-state index >= 15 is 0 Å². The van der Waals surface area contributed by atoms with Crippen molar-refractivity contribution in [3.05, 3.63) is 29.3 Å². The van der Waals surface area contributed by atoms with Crippen molar-refractivity contribution < 1.29 is 14.6 Å². The molecule has 3 nitrogen and oxygen atoms in total. The van der Waals surface area contributed by atoms with Crippen molar-refractivity contribution in [2.24, 2.45) is 0 Å². The van der Waals surface area contributed by atoms with Crippen LogP contribution in [0.5, 0.6) is 5.75 Å². The molecule has 0 atom stereocenters. The van der Waals surface area contributed by atoms with Gasteiger partial charge in [0.15, 0.2) is 0 Å². The van der Waals surface area contributed by atoms with Crippen molar-refractivity contribution >= 4 is 0 Å². The fraction of sp³-hybridized carbons (Fsp3) is 0.467. The Labute approximate surface area is 109 Å². The van der Waals surface area contributed by atoms with E-state index in [1.54, 1.807) is 0 Å². The second-order valence-electron chi connectivity index (χ2n) is 4.23. The van der Waals surface area contributed by atoms with Crippen LogP contribution in [0, 0.1) is 18.8 Å². The SMILES string of the molecule is Cc1ccc(OCCOC(C)C)c(C#CCO)c1. The predicted octanol–water partition coefficient (Wildman–Crippen LogP) is 2.14. The van der Waals surface area contributed by atoms with Crippen LogP contribution in [0.15, 0.2) is 18.2 Å². The van der Waals surface area contributed by atoms with Crippen LogP contribution < -0.4 is 4.74 Å². The fourth-order valence-electron chi connectivity index (χ4n) is 1.44. The van der Waals surface area contributed by atoms with Gasteiger partial charge in [0.25, 0.3) is 0 Å². The van der Waals surface area contributed by atoms with Crippen LogP contribution in [0.2, 0.25) is 0 Å². The molecule has 0 amide bonds. The predicted molar refractivity (Wildman–Crippen MR) is 71.7 cm³/mol. The average molecular weight is 248 g/mol. The lowest BCUT2D eigenvalue weighted by Crippen LogP contribution is -2.11. The maximum absolute atomic E-state index is 8.73. The minimum Gasteiger partial charge on any atom is -0.490 e. The van der Waals surface area contributed by atoms with E-state index in [9.17, 15) is 0 Å². The molecule has 1 rings (SSSR count). The molecule has 0 aromatic heterocycles. The summed E-state index contributed by atoms with van der Waals surface area (Å²) in [5, 5.41) is 8.73. The molecule has 0 bridgehead atoms. The van der Waals surface area contributed by atoms with Crippen molar-refractivity contribution in [2.45, 2.75) is 26.9 Å². The van der Waals surface area contributed by atoms with Gasteiger partial charge >= 0.3 is 0 Å². The molecule has 0 fully saturated rings. The maximum Gasteiger partial charge on any atom is 0.135 e. The molecule has 1 aromatic rings. The molecular formula is C15H20O3. The zero-order chi connectivity index (χ0) is 13.4. The van der Waals surface area contributed by atoms with E-state index in [-0.39, 0.29) is 12.7 Å². The number of benzene rings is 1. The Bertz CT molecular complexity index is 427. The van der Waals surface area contributed by atoms with Gasteiger partial charge in [-0.3, -0.25) is 0 Å². The third kappa shape index (κ3) is 5.22. The largest absolute Gasteiger partial charge is 0.490 e. The Hall–Kier alpha value is -1.50. The van der Waals surface area contributed by atoms with Gasteiger partial charge in [-0.1, -0.05) is 17.9 Å². The topological polar surface area (TPSA) is 38.7 Å². The Morgan fingerprint density at radius 3 is 2.72 bits per heavy atom. The second-order valence-corrected chi connectivity index (χ2v) is 4.23. The van der Waals surface area contributed by atoms with Crippen LogP contribution in [-0.2, 0) is 4.74 Å². The van der Waals surface area contributed by atoms with E-state index < -0.39 is 0 Å². The van der Waals surface area contributed by atoms with Crippen molar-refractivity contribution in [3.8, 4) is 17.6 Å². The Morgan fingerprint density at radius 1 is 1.28 bits per heavy atom. The minimum atomic E-state index is -0.149. The average Bonchev–Trinajstić information content (AvgIpc) is 2.33. The van der Waals surface area contributed by atoms with Gasteiger partial charge in [-0.2, -0.15) is 0 Å². The summed E-state index contributed by atoms with van der Waals surface area (Å²) < 4.78 is 11.0. The van der Waals surface area contributed by atoms with Gasteiger partial charge in [0.1, 0.15) is 19.0 Å². The lowest BCUT2D eigenvalue weighted by molar-refractivity contribution is 0.0552. The molecule has 0 unspecified atom stereocenters. The van der Waals surface area contributed by atoms with E-state index in [2.05, 4.69) is 11.8 Å². The molecule has 1 N–H and O–H groups in total. The highest BCUT2D eigenvalue weighted by Crippen LogP contribution is 2.18. The highest BCUT2D eigenvalue weighted by molar-refractivity contribution is 5.48. The molecule has 0 spiro atoms. The van der Waals surface area contributed by atoms with Crippen LogP contribution >= 0.6 is 0 Å². The molecule has 1 aromatic carbocycles. The lowest BCUT2D eigenvalue weighted by Gasteiger charge is -2.11. The fourth-order valence-corrected chi connectivity index (χ4v) is 1.44. The van der Waals surface area contributed by atoms with Crippen LogP contribution in [0.25, 0.3) is 0 Å². The first-order chi connectivity index (χ1) is 8.63. The molecule has 3 heteroatoms. The molecule has 0 saturated heterocycles. The van der Waals surface area contributed by atoms with E-state index in [0.29, 0.717) is 13.2 Å². The molecule has 18 heavy (non-hydrogen) atoms. The number of hydrogen-bond acceptors (Lipinski definition) is 3. The number of hydrogen-bond donors (Lipinski definition) is 1. The van der Waals surface area contributed by atoms with Gasteiger partial charge in [0, 0.05) is 0 Å². The Kier molecular flexibility index (Phi) is 6.27. The number of aryl methyl sites for hydroxylation is 1. The molecule has 0 saturated carbocycles. The van der Waals surface area contributed by atoms with Crippen LogP contribution in [0.3, 0.4) is 0 Å². The third-order valence-corrected chi connectivity index (χ3v) is 2.23. The zero-order valence-electron chi connectivity index (χ0n) is 11.2. The smallest absolute Gasteiger partial charge is 0.135 e. The molecular weight excluding hydrogens is 228 g/mol.